The number of ether oxygens (including phenoxy) is 1. The van der Waals surface area contributed by atoms with E-state index in [1.165, 1.54) is 31.4 Å². The average molecular weight is 452 g/mol. The van der Waals surface area contributed by atoms with Crippen molar-refractivity contribution in [3.63, 3.8) is 0 Å². The van der Waals surface area contributed by atoms with Crippen LogP contribution in [0.5, 0.6) is 5.88 Å². The van der Waals surface area contributed by atoms with Gasteiger partial charge in [0, 0.05) is 6.07 Å². The highest BCUT2D eigenvalue weighted by Crippen LogP contribution is 2.32. The molecule has 156 valence electrons. The van der Waals surface area contributed by atoms with Crippen molar-refractivity contribution >= 4 is 35.1 Å². The van der Waals surface area contributed by atoms with Crippen LogP contribution in [-0.2, 0) is 4.79 Å². The monoisotopic (exact) mass is 451 g/mol. The van der Waals surface area contributed by atoms with E-state index in [0.29, 0.717) is 5.56 Å². The Bertz CT molecular complexity index is 1100. The van der Waals surface area contributed by atoms with E-state index in [1.54, 1.807) is 24.3 Å². The number of carbonyl (C=O) groups excluding carboxylic acids is 1. The Balaban J connectivity index is 1.94. The summed E-state index contributed by atoms with van der Waals surface area (Å²) in [7, 11) is 1.36. The molecule has 7 nitrogen and oxygen atoms in total. The van der Waals surface area contributed by atoms with Gasteiger partial charge in [0.1, 0.15) is 11.5 Å². The number of hydrogen-bond acceptors (Lipinski definition) is 4. The van der Waals surface area contributed by atoms with Crippen molar-refractivity contribution in [2.45, 2.75) is 12.5 Å². The lowest BCUT2D eigenvalue weighted by Gasteiger charge is -2.18. The summed E-state index contributed by atoms with van der Waals surface area (Å²) in [4.78, 5) is 24.1. The van der Waals surface area contributed by atoms with Crippen LogP contribution >= 0.6 is 23.2 Å². The van der Waals surface area contributed by atoms with Gasteiger partial charge in [-0.3, -0.25) is 9.59 Å². The van der Waals surface area contributed by atoms with Gasteiger partial charge in [0.05, 0.1) is 29.6 Å². The summed E-state index contributed by atoms with van der Waals surface area (Å²) in [5, 5.41) is 16.3. The molecule has 0 aliphatic heterocycles. The Kier molecular flexibility index (Phi) is 6.59. The number of para-hydroxylation sites is 1. The van der Waals surface area contributed by atoms with E-state index in [0.717, 1.165) is 4.68 Å². The molecule has 0 aliphatic carbocycles. The molecule has 3 rings (SSSR count). The highest BCUT2D eigenvalue weighted by atomic mass is 35.5. The van der Waals surface area contributed by atoms with Gasteiger partial charge in [0.15, 0.2) is 5.69 Å². The number of carbonyl (C=O) groups is 2. The van der Waals surface area contributed by atoms with Crippen molar-refractivity contribution < 1.29 is 23.8 Å². The van der Waals surface area contributed by atoms with Gasteiger partial charge < -0.3 is 15.2 Å². The molecule has 0 spiro atoms. The van der Waals surface area contributed by atoms with Crippen LogP contribution < -0.4 is 10.1 Å². The van der Waals surface area contributed by atoms with Crippen LogP contribution in [0.3, 0.4) is 0 Å². The molecule has 0 saturated carbocycles. The third-order valence-corrected chi connectivity index (χ3v) is 5.07. The van der Waals surface area contributed by atoms with Crippen LogP contribution in [0, 0.1) is 5.82 Å². The maximum Gasteiger partial charge on any atom is 0.305 e. The number of aliphatic carboxylic acids is 1. The molecule has 30 heavy (non-hydrogen) atoms. The quantitative estimate of drug-likeness (QED) is 0.559. The molecule has 3 aromatic rings. The number of carboxylic acids is 1. The number of rotatable bonds is 7. The van der Waals surface area contributed by atoms with E-state index in [-0.39, 0.29) is 27.3 Å². The van der Waals surface area contributed by atoms with E-state index < -0.39 is 30.2 Å². The SMILES string of the molecule is COc1cc(C(=O)N[C@@H](CC(=O)O)c2cccc(Cl)c2Cl)nn1-c1ccccc1F. The predicted octanol–water partition coefficient (Wildman–Crippen LogP) is 4.27. The number of amides is 1. The molecule has 0 unspecified atom stereocenters. The van der Waals surface area contributed by atoms with Crippen LogP contribution in [-0.4, -0.2) is 33.9 Å². The third kappa shape index (κ3) is 4.55. The number of hydrogen-bond donors (Lipinski definition) is 2. The number of benzene rings is 2. The molecule has 0 fully saturated rings. The van der Waals surface area contributed by atoms with E-state index >= 15 is 0 Å². The van der Waals surface area contributed by atoms with Gasteiger partial charge in [-0.25, -0.2) is 4.39 Å². The van der Waals surface area contributed by atoms with Gasteiger partial charge in [-0.1, -0.05) is 47.5 Å². The number of carboxylic acid groups (broad SMARTS) is 1. The zero-order valence-corrected chi connectivity index (χ0v) is 17.1. The molecule has 0 radical (unpaired) electrons. The van der Waals surface area contributed by atoms with Crippen molar-refractivity contribution in [1.29, 1.82) is 0 Å². The van der Waals surface area contributed by atoms with Crippen molar-refractivity contribution in [1.82, 2.24) is 15.1 Å². The molecule has 2 aromatic carbocycles. The van der Waals surface area contributed by atoms with Gasteiger partial charge in [-0.05, 0) is 23.8 Å². The fraction of sp³-hybridized carbons (Fsp3) is 0.150. The summed E-state index contributed by atoms with van der Waals surface area (Å²) in [5.41, 5.74) is 0.345. The van der Waals surface area contributed by atoms with E-state index in [4.69, 9.17) is 27.9 Å². The molecule has 1 atom stereocenters. The number of nitrogens with one attached hydrogen (secondary N) is 1. The molecule has 1 heterocycles. The Hall–Kier alpha value is -3.10. The summed E-state index contributed by atoms with van der Waals surface area (Å²) in [5.74, 6) is -2.27. The van der Waals surface area contributed by atoms with Crippen LogP contribution in [0.4, 0.5) is 4.39 Å². The first-order valence-corrected chi connectivity index (χ1v) is 9.43. The average Bonchev–Trinajstić information content (AvgIpc) is 3.14. The molecular weight excluding hydrogens is 436 g/mol. The molecule has 0 saturated heterocycles. The third-order valence-electron chi connectivity index (χ3n) is 4.24. The maximum absolute atomic E-state index is 14.1. The van der Waals surface area contributed by atoms with E-state index in [1.807, 2.05) is 0 Å². The lowest BCUT2D eigenvalue weighted by atomic mass is 10.0. The second-order valence-electron chi connectivity index (χ2n) is 6.20. The first-order valence-electron chi connectivity index (χ1n) is 8.67. The minimum Gasteiger partial charge on any atom is -0.481 e. The molecule has 1 amide bonds. The van der Waals surface area contributed by atoms with Crippen LogP contribution in [0.1, 0.15) is 28.5 Å². The fourth-order valence-corrected chi connectivity index (χ4v) is 3.29. The van der Waals surface area contributed by atoms with Gasteiger partial charge in [0.2, 0.25) is 5.88 Å². The smallest absolute Gasteiger partial charge is 0.305 e. The summed E-state index contributed by atoms with van der Waals surface area (Å²) < 4.78 is 20.5. The summed E-state index contributed by atoms with van der Waals surface area (Å²) in [6, 6.07) is 10.9. The molecule has 10 heteroatoms. The topological polar surface area (TPSA) is 93.4 Å². The van der Waals surface area contributed by atoms with Crippen LogP contribution in [0.25, 0.3) is 5.69 Å². The standard InChI is InChI=1S/C20H16Cl2FN3O4/c1-30-17-9-15(25-26(17)16-8-3-2-7-13(16)23)20(29)24-14(10-18(27)28)11-5-4-6-12(21)19(11)22/h2-9,14H,10H2,1H3,(H,24,29)(H,27,28)/t14-/m0/s1. The lowest BCUT2D eigenvalue weighted by Crippen LogP contribution is -2.30. The molecule has 2 N–H and O–H groups in total. The largest absolute Gasteiger partial charge is 0.481 e. The second kappa shape index (κ2) is 9.15. The Labute approximate surface area is 181 Å². The van der Waals surface area contributed by atoms with Gasteiger partial charge in [-0.2, -0.15) is 9.78 Å². The van der Waals surface area contributed by atoms with Gasteiger partial charge in [-0.15, -0.1) is 0 Å². The second-order valence-corrected chi connectivity index (χ2v) is 6.99. The number of methoxy groups -OCH3 is 1. The highest BCUT2D eigenvalue weighted by molar-refractivity contribution is 6.42. The predicted molar refractivity (Wildman–Crippen MR) is 109 cm³/mol. The Morgan fingerprint density at radius 2 is 1.97 bits per heavy atom. The minimum atomic E-state index is -1.15. The molecular formula is C20H16Cl2FN3O4. The summed E-state index contributed by atoms with van der Waals surface area (Å²) >= 11 is 12.2. The first-order chi connectivity index (χ1) is 14.3. The first kappa shape index (κ1) is 21.6. The fourth-order valence-electron chi connectivity index (χ4n) is 2.85. The van der Waals surface area contributed by atoms with Gasteiger partial charge >= 0.3 is 5.97 Å². The molecule has 0 bridgehead atoms. The Morgan fingerprint density at radius 1 is 1.23 bits per heavy atom. The minimum absolute atomic E-state index is 0.0911. The number of aromatic nitrogens is 2. The van der Waals surface area contributed by atoms with Crippen molar-refractivity contribution in [2.75, 3.05) is 7.11 Å². The zero-order chi connectivity index (χ0) is 21.8. The van der Waals surface area contributed by atoms with Crippen molar-refractivity contribution in [2.24, 2.45) is 0 Å². The maximum atomic E-state index is 14.1. The summed E-state index contributed by atoms with van der Waals surface area (Å²) in [6.07, 6.45) is -0.434. The summed E-state index contributed by atoms with van der Waals surface area (Å²) in [6.45, 7) is 0. The Morgan fingerprint density at radius 3 is 2.63 bits per heavy atom. The molecule has 1 aromatic heterocycles. The number of halogens is 3. The van der Waals surface area contributed by atoms with Crippen LogP contribution in [0.2, 0.25) is 10.0 Å². The van der Waals surface area contributed by atoms with E-state index in [9.17, 15) is 19.1 Å². The van der Waals surface area contributed by atoms with Crippen molar-refractivity contribution in [3.05, 3.63) is 75.7 Å². The van der Waals surface area contributed by atoms with Gasteiger partial charge in [0.25, 0.3) is 5.91 Å². The number of nitrogens with zero attached hydrogens (tertiary/aromatic N) is 2. The van der Waals surface area contributed by atoms with Crippen LogP contribution in [0.15, 0.2) is 48.5 Å². The van der Waals surface area contributed by atoms with Crippen molar-refractivity contribution in [3.8, 4) is 11.6 Å². The lowest BCUT2D eigenvalue weighted by molar-refractivity contribution is -0.137. The zero-order valence-electron chi connectivity index (χ0n) is 15.6. The molecule has 0 aliphatic rings. The highest BCUT2D eigenvalue weighted by Gasteiger charge is 2.25. The van der Waals surface area contributed by atoms with E-state index in [2.05, 4.69) is 10.4 Å². The normalized spacial score (nSPS) is 11.7.